The van der Waals surface area contributed by atoms with Crippen molar-refractivity contribution in [1.82, 2.24) is 10.2 Å². The van der Waals surface area contributed by atoms with Crippen LogP contribution < -0.4 is 5.32 Å². The van der Waals surface area contributed by atoms with Gasteiger partial charge in [0, 0.05) is 24.7 Å². The SMILES string of the molecule is O=C1C=C(C(=O)N2CCNC(=O)C2)C2C=CC=CC2=N1. The molecule has 20 heavy (non-hydrogen) atoms. The van der Waals surface area contributed by atoms with Crippen molar-refractivity contribution >= 4 is 23.4 Å². The number of dihydropyridines is 1. The molecule has 0 aromatic rings. The van der Waals surface area contributed by atoms with Gasteiger partial charge in [-0.05, 0) is 6.08 Å². The largest absolute Gasteiger partial charge is 0.353 e. The molecule has 0 radical (unpaired) electrons. The summed E-state index contributed by atoms with van der Waals surface area (Å²) in [5.41, 5.74) is 0.958. The third-order valence-electron chi connectivity index (χ3n) is 3.43. The van der Waals surface area contributed by atoms with Crippen LogP contribution in [0.3, 0.4) is 0 Å². The number of allylic oxidation sites excluding steroid dienone is 4. The average Bonchev–Trinajstić information content (AvgIpc) is 2.45. The second kappa shape index (κ2) is 4.88. The van der Waals surface area contributed by atoms with E-state index in [-0.39, 0.29) is 24.3 Å². The first-order valence-electron chi connectivity index (χ1n) is 6.40. The van der Waals surface area contributed by atoms with E-state index in [4.69, 9.17) is 0 Å². The van der Waals surface area contributed by atoms with Crippen LogP contribution in [0.15, 0.2) is 40.9 Å². The summed E-state index contributed by atoms with van der Waals surface area (Å²) >= 11 is 0. The van der Waals surface area contributed by atoms with Gasteiger partial charge in [0.2, 0.25) is 5.91 Å². The fourth-order valence-corrected chi connectivity index (χ4v) is 2.47. The number of hydrogen-bond donors (Lipinski definition) is 1. The van der Waals surface area contributed by atoms with Gasteiger partial charge in [0.15, 0.2) is 0 Å². The van der Waals surface area contributed by atoms with Crippen LogP contribution >= 0.6 is 0 Å². The summed E-state index contributed by atoms with van der Waals surface area (Å²) in [6.07, 6.45) is 8.44. The van der Waals surface area contributed by atoms with Crippen molar-refractivity contribution in [2.75, 3.05) is 19.6 Å². The van der Waals surface area contributed by atoms with Crippen molar-refractivity contribution in [2.24, 2.45) is 10.9 Å². The predicted octanol–water partition coefficient (Wildman–Crippen LogP) is -0.405. The van der Waals surface area contributed by atoms with Crippen LogP contribution in [0.2, 0.25) is 0 Å². The molecule has 1 fully saturated rings. The Labute approximate surface area is 115 Å². The van der Waals surface area contributed by atoms with Gasteiger partial charge in [0.05, 0.1) is 18.2 Å². The van der Waals surface area contributed by atoms with E-state index in [1.807, 2.05) is 12.2 Å². The number of nitrogens with one attached hydrogen (secondary N) is 1. The molecule has 3 aliphatic rings. The molecular formula is C14H13N3O3. The molecule has 0 spiro atoms. The molecule has 0 saturated carbocycles. The molecule has 0 aromatic heterocycles. The molecular weight excluding hydrogens is 258 g/mol. The fourth-order valence-electron chi connectivity index (χ4n) is 2.47. The van der Waals surface area contributed by atoms with E-state index in [1.54, 1.807) is 12.2 Å². The van der Waals surface area contributed by atoms with E-state index in [0.717, 1.165) is 0 Å². The highest BCUT2D eigenvalue weighted by Crippen LogP contribution is 2.25. The first-order chi connectivity index (χ1) is 9.65. The number of nitrogens with zero attached hydrogens (tertiary/aromatic N) is 2. The summed E-state index contributed by atoms with van der Waals surface area (Å²) in [5, 5.41) is 2.67. The van der Waals surface area contributed by atoms with Crippen LogP contribution in [-0.2, 0) is 14.4 Å². The van der Waals surface area contributed by atoms with Gasteiger partial charge in [-0.25, -0.2) is 4.99 Å². The lowest BCUT2D eigenvalue weighted by Gasteiger charge is -2.30. The third-order valence-corrected chi connectivity index (χ3v) is 3.43. The molecule has 6 nitrogen and oxygen atoms in total. The Morgan fingerprint density at radius 3 is 3.00 bits per heavy atom. The average molecular weight is 271 g/mol. The Morgan fingerprint density at radius 2 is 2.20 bits per heavy atom. The maximum Gasteiger partial charge on any atom is 0.270 e. The van der Waals surface area contributed by atoms with Gasteiger partial charge in [-0.3, -0.25) is 14.4 Å². The van der Waals surface area contributed by atoms with E-state index in [9.17, 15) is 14.4 Å². The molecule has 1 atom stereocenters. The number of carbonyl (C=O) groups is 3. The van der Waals surface area contributed by atoms with Crippen LogP contribution in [0, 0.1) is 5.92 Å². The number of piperazine rings is 1. The fraction of sp³-hybridized carbons (Fsp3) is 0.286. The summed E-state index contributed by atoms with van der Waals surface area (Å²) in [4.78, 5) is 40.9. The molecule has 3 amide bonds. The molecule has 1 unspecified atom stereocenters. The summed E-state index contributed by atoms with van der Waals surface area (Å²) in [6, 6.07) is 0. The molecule has 102 valence electrons. The number of fused-ring (bicyclic) bond motifs is 1. The molecule has 2 heterocycles. The summed E-state index contributed by atoms with van der Waals surface area (Å²) in [5.74, 6) is -1.18. The Morgan fingerprint density at radius 1 is 1.35 bits per heavy atom. The zero-order chi connectivity index (χ0) is 14.1. The van der Waals surface area contributed by atoms with Crippen molar-refractivity contribution in [1.29, 1.82) is 0 Å². The molecule has 2 aliphatic heterocycles. The minimum Gasteiger partial charge on any atom is -0.353 e. The van der Waals surface area contributed by atoms with E-state index in [0.29, 0.717) is 24.4 Å². The number of carbonyl (C=O) groups excluding carboxylic acids is 3. The van der Waals surface area contributed by atoms with Crippen LogP contribution in [0.5, 0.6) is 0 Å². The molecule has 3 rings (SSSR count). The Bertz CT molecular complexity index is 613. The smallest absolute Gasteiger partial charge is 0.270 e. The monoisotopic (exact) mass is 271 g/mol. The maximum absolute atomic E-state index is 12.5. The standard InChI is InChI=1S/C14H13N3O3/c18-12-7-10(9-3-1-2-4-11(9)16-12)14(20)17-6-5-15-13(19)8-17/h1-4,7,9H,5-6,8H2,(H,15,19). The molecule has 6 heteroatoms. The minimum atomic E-state index is -0.430. The predicted molar refractivity (Wildman–Crippen MR) is 71.9 cm³/mol. The van der Waals surface area contributed by atoms with E-state index in [1.165, 1.54) is 11.0 Å². The Balaban J connectivity index is 1.87. The van der Waals surface area contributed by atoms with Crippen molar-refractivity contribution in [3.8, 4) is 0 Å². The Kier molecular flexibility index (Phi) is 3.06. The van der Waals surface area contributed by atoms with Gasteiger partial charge in [0.25, 0.3) is 11.8 Å². The number of amides is 3. The molecule has 1 saturated heterocycles. The summed E-state index contributed by atoms with van der Waals surface area (Å²) in [7, 11) is 0. The minimum absolute atomic E-state index is 0.0309. The van der Waals surface area contributed by atoms with Crippen LogP contribution in [0.25, 0.3) is 0 Å². The topological polar surface area (TPSA) is 78.8 Å². The zero-order valence-corrected chi connectivity index (χ0v) is 10.7. The van der Waals surface area contributed by atoms with Gasteiger partial charge >= 0.3 is 0 Å². The maximum atomic E-state index is 12.5. The molecule has 1 N–H and O–H groups in total. The van der Waals surface area contributed by atoms with Gasteiger partial charge in [-0.1, -0.05) is 18.2 Å². The highest BCUT2D eigenvalue weighted by atomic mass is 16.2. The number of aliphatic imine (C=N–C) groups is 1. The molecule has 0 bridgehead atoms. The highest BCUT2D eigenvalue weighted by molar-refractivity contribution is 6.18. The summed E-state index contributed by atoms with van der Waals surface area (Å²) < 4.78 is 0. The third kappa shape index (κ3) is 2.20. The van der Waals surface area contributed by atoms with Crippen molar-refractivity contribution < 1.29 is 14.4 Å². The second-order valence-corrected chi connectivity index (χ2v) is 4.77. The van der Waals surface area contributed by atoms with Crippen molar-refractivity contribution in [3.63, 3.8) is 0 Å². The van der Waals surface area contributed by atoms with E-state index < -0.39 is 5.91 Å². The lowest BCUT2D eigenvalue weighted by Crippen LogP contribution is -2.51. The lowest BCUT2D eigenvalue weighted by atomic mass is 9.87. The van der Waals surface area contributed by atoms with Crippen LogP contribution in [-0.4, -0.2) is 48.0 Å². The van der Waals surface area contributed by atoms with Crippen LogP contribution in [0.4, 0.5) is 0 Å². The number of rotatable bonds is 1. The quantitative estimate of drug-likeness (QED) is 0.704. The van der Waals surface area contributed by atoms with Crippen LogP contribution in [0.1, 0.15) is 0 Å². The van der Waals surface area contributed by atoms with Gasteiger partial charge in [-0.2, -0.15) is 0 Å². The second-order valence-electron chi connectivity index (χ2n) is 4.77. The number of hydrogen-bond acceptors (Lipinski definition) is 3. The van der Waals surface area contributed by atoms with Gasteiger partial charge in [0.1, 0.15) is 0 Å². The van der Waals surface area contributed by atoms with E-state index >= 15 is 0 Å². The highest BCUT2D eigenvalue weighted by Gasteiger charge is 2.32. The zero-order valence-electron chi connectivity index (χ0n) is 10.7. The van der Waals surface area contributed by atoms with Crippen molar-refractivity contribution in [3.05, 3.63) is 36.0 Å². The molecule has 0 aromatic carbocycles. The Hall–Kier alpha value is -2.50. The normalized spacial score (nSPS) is 24.8. The van der Waals surface area contributed by atoms with Crippen molar-refractivity contribution in [2.45, 2.75) is 0 Å². The van der Waals surface area contributed by atoms with E-state index in [2.05, 4.69) is 10.3 Å². The lowest BCUT2D eigenvalue weighted by molar-refractivity contribution is -0.135. The molecule has 1 aliphatic carbocycles. The van der Waals surface area contributed by atoms with Gasteiger partial charge < -0.3 is 10.2 Å². The summed E-state index contributed by atoms with van der Waals surface area (Å²) in [6.45, 7) is 0.922. The van der Waals surface area contributed by atoms with Gasteiger partial charge in [-0.15, -0.1) is 0 Å². The first kappa shape index (κ1) is 12.5. The first-order valence-corrected chi connectivity index (χ1v) is 6.40.